The summed E-state index contributed by atoms with van der Waals surface area (Å²) >= 11 is 0. The Morgan fingerprint density at radius 2 is 2.00 bits per heavy atom. The first kappa shape index (κ1) is 18.6. The van der Waals surface area contributed by atoms with Crippen LogP contribution in [0.15, 0.2) is 65.5 Å². The predicted molar refractivity (Wildman–Crippen MR) is 102 cm³/mol. The van der Waals surface area contributed by atoms with E-state index in [0.29, 0.717) is 24.7 Å². The number of methoxy groups -OCH3 is 1. The Morgan fingerprint density at radius 1 is 1.19 bits per heavy atom. The summed E-state index contributed by atoms with van der Waals surface area (Å²) in [6.45, 7) is 2.91. The molecule has 1 aromatic carbocycles. The second-order valence-corrected chi connectivity index (χ2v) is 6.06. The molecule has 0 radical (unpaired) electrons. The maximum absolute atomic E-state index is 12.5. The first-order valence-corrected chi connectivity index (χ1v) is 8.93. The van der Waals surface area contributed by atoms with E-state index in [-0.39, 0.29) is 18.4 Å². The van der Waals surface area contributed by atoms with Crippen LogP contribution in [-0.4, -0.2) is 24.2 Å². The minimum atomic E-state index is -0.176. The van der Waals surface area contributed by atoms with Gasteiger partial charge in [-0.1, -0.05) is 6.07 Å². The van der Waals surface area contributed by atoms with Gasteiger partial charge in [0, 0.05) is 18.9 Å². The van der Waals surface area contributed by atoms with Gasteiger partial charge in [0.25, 0.3) is 0 Å². The Morgan fingerprint density at radius 3 is 2.67 bits per heavy atom. The van der Waals surface area contributed by atoms with Gasteiger partial charge in [-0.3, -0.25) is 4.79 Å². The molecule has 0 saturated carbocycles. The number of ether oxygens (including phenoxy) is 2. The van der Waals surface area contributed by atoms with E-state index in [0.717, 1.165) is 11.3 Å². The van der Waals surface area contributed by atoms with Gasteiger partial charge in [0.2, 0.25) is 5.91 Å². The van der Waals surface area contributed by atoms with Gasteiger partial charge in [-0.05, 0) is 48.9 Å². The Balaban J connectivity index is 1.63. The molecule has 1 unspecified atom stereocenters. The molecule has 1 amide bonds. The molecule has 27 heavy (non-hydrogen) atoms. The van der Waals surface area contributed by atoms with Gasteiger partial charge < -0.3 is 23.8 Å². The molecule has 0 aliphatic heterocycles. The molecule has 2 heterocycles. The monoisotopic (exact) mass is 368 g/mol. The third-order valence-corrected chi connectivity index (χ3v) is 4.26. The Labute approximate surface area is 158 Å². The maximum atomic E-state index is 12.5. The molecule has 3 aromatic rings. The van der Waals surface area contributed by atoms with Crippen LogP contribution in [0.5, 0.6) is 11.5 Å². The summed E-state index contributed by atoms with van der Waals surface area (Å²) in [6, 6.07) is 13.1. The molecule has 2 aromatic heterocycles. The number of furan rings is 1. The zero-order chi connectivity index (χ0) is 19.1. The lowest BCUT2D eigenvalue weighted by Crippen LogP contribution is -2.26. The minimum Gasteiger partial charge on any atom is -0.493 e. The molecule has 0 bridgehead atoms. The maximum Gasteiger partial charge on any atom is 0.222 e. The summed E-state index contributed by atoms with van der Waals surface area (Å²) in [5.41, 5.74) is 0.944. The number of carbonyl (C=O) groups excluding carboxylic acids is 1. The Kier molecular flexibility index (Phi) is 6.20. The summed E-state index contributed by atoms with van der Waals surface area (Å²) in [5.74, 6) is 2.05. The van der Waals surface area contributed by atoms with Crippen LogP contribution in [0.3, 0.4) is 0 Å². The van der Waals surface area contributed by atoms with Gasteiger partial charge in [-0.2, -0.15) is 0 Å². The third kappa shape index (κ3) is 4.73. The average Bonchev–Trinajstić information content (AvgIpc) is 3.39. The first-order chi connectivity index (χ1) is 13.2. The van der Waals surface area contributed by atoms with Crippen LogP contribution < -0.4 is 14.8 Å². The van der Waals surface area contributed by atoms with Gasteiger partial charge in [0.15, 0.2) is 11.5 Å². The second kappa shape index (κ2) is 8.98. The Bertz CT molecular complexity index is 807. The fourth-order valence-corrected chi connectivity index (χ4v) is 2.93. The third-order valence-electron chi connectivity index (χ3n) is 4.26. The Hall–Kier alpha value is -3.15. The van der Waals surface area contributed by atoms with Crippen molar-refractivity contribution in [2.75, 3.05) is 13.7 Å². The van der Waals surface area contributed by atoms with Crippen molar-refractivity contribution in [3.8, 4) is 11.5 Å². The number of rotatable bonds is 9. The summed E-state index contributed by atoms with van der Waals surface area (Å²) in [5, 5.41) is 2.97. The molecule has 0 spiro atoms. The minimum absolute atomic E-state index is 0.0575. The van der Waals surface area contributed by atoms with E-state index in [1.165, 1.54) is 0 Å². The van der Waals surface area contributed by atoms with Crippen LogP contribution in [0.25, 0.3) is 0 Å². The lowest BCUT2D eigenvalue weighted by Gasteiger charge is -2.17. The number of hydrogen-bond donors (Lipinski definition) is 1. The number of hydrogen-bond acceptors (Lipinski definition) is 4. The van der Waals surface area contributed by atoms with E-state index in [1.54, 1.807) is 13.4 Å². The lowest BCUT2D eigenvalue weighted by molar-refractivity contribution is -0.121. The van der Waals surface area contributed by atoms with Gasteiger partial charge in [0.1, 0.15) is 5.76 Å². The molecule has 0 saturated heterocycles. The van der Waals surface area contributed by atoms with Crippen molar-refractivity contribution < 1.29 is 18.7 Å². The van der Waals surface area contributed by atoms with Crippen molar-refractivity contribution in [1.29, 1.82) is 0 Å². The van der Waals surface area contributed by atoms with Crippen LogP contribution in [-0.2, 0) is 11.3 Å². The van der Waals surface area contributed by atoms with Gasteiger partial charge >= 0.3 is 0 Å². The van der Waals surface area contributed by atoms with Crippen molar-refractivity contribution in [2.45, 2.75) is 25.9 Å². The molecule has 0 fully saturated rings. The van der Waals surface area contributed by atoms with Gasteiger partial charge in [-0.25, -0.2) is 0 Å². The fraction of sp³-hybridized carbons (Fsp3) is 0.286. The van der Waals surface area contributed by atoms with Crippen molar-refractivity contribution in [1.82, 2.24) is 9.88 Å². The van der Waals surface area contributed by atoms with E-state index in [9.17, 15) is 4.79 Å². The molecule has 0 aliphatic carbocycles. The first-order valence-electron chi connectivity index (χ1n) is 8.93. The van der Waals surface area contributed by atoms with E-state index >= 15 is 0 Å². The largest absolute Gasteiger partial charge is 0.493 e. The molecule has 1 N–H and O–H groups in total. The average molecular weight is 368 g/mol. The highest BCUT2D eigenvalue weighted by Gasteiger charge is 2.19. The van der Waals surface area contributed by atoms with Crippen molar-refractivity contribution >= 4 is 5.91 Å². The zero-order valence-electron chi connectivity index (χ0n) is 15.6. The quantitative estimate of drug-likeness (QED) is 0.624. The topological polar surface area (TPSA) is 65.6 Å². The van der Waals surface area contributed by atoms with Gasteiger partial charge in [0.05, 0.1) is 32.4 Å². The number of amides is 1. The standard InChI is InChI=1S/C21H24N2O4/c1-3-26-19-9-8-16(13-20(19)25-2)15-22-21(24)14-17(18-7-6-12-27-18)23-10-4-5-11-23/h4-13,17H,3,14-15H2,1-2H3,(H,22,24). The van der Waals surface area contributed by atoms with E-state index in [4.69, 9.17) is 13.9 Å². The molecule has 6 heteroatoms. The number of carbonyl (C=O) groups is 1. The van der Waals surface area contributed by atoms with Crippen molar-refractivity contribution in [2.24, 2.45) is 0 Å². The molecule has 1 atom stereocenters. The van der Waals surface area contributed by atoms with Crippen LogP contribution in [0.1, 0.15) is 30.7 Å². The highest BCUT2D eigenvalue weighted by Crippen LogP contribution is 2.28. The highest BCUT2D eigenvalue weighted by molar-refractivity contribution is 5.76. The van der Waals surface area contributed by atoms with Crippen LogP contribution >= 0.6 is 0 Å². The number of nitrogens with zero attached hydrogens (tertiary/aromatic N) is 1. The van der Waals surface area contributed by atoms with Crippen molar-refractivity contribution in [3.05, 3.63) is 72.4 Å². The summed E-state index contributed by atoms with van der Waals surface area (Å²) in [6.07, 6.45) is 5.77. The molecule has 6 nitrogen and oxygen atoms in total. The molecular formula is C21H24N2O4. The normalized spacial score (nSPS) is 11.8. The summed E-state index contributed by atoms with van der Waals surface area (Å²) in [7, 11) is 1.60. The predicted octanol–water partition coefficient (Wildman–Crippen LogP) is 3.78. The van der Waals surface area contributed by atoms with Crippen LogP contribution in [0.2, 0.25) is 0 Å². The highest BCUT2D eigenvalue weighted by atomic mass is 16.5. The van der Waals surface area contributed by atoms with Crippen molar-refractivity contribution in [3.63, 3.8) is 0 Å². The molecule has 142 valence electrons. The second-order valence-electron chi connectivity index (χ2n) is 6.06. The lowest BCUT2D eigenvalue weighted by atomic mass is 10.1. The number of nitrogens with one attached hydrogen (secondary N) is 1. The van der Waals surface area contributed by atoms with Crippen LogP contribution in [0.4, 0.5) is 0 Å². The summed E-state index contributed by atoms with van der Waals surface area (Å²) < 4.78 is 18.4. The molecule has 0 aliphatic rings. The number of benzene rings is 1. The summed E-state index contributed by atoms with van der Waals surface area (Å²) in [4.78, 5) is 12.5. The van der Waals surface area contributed by atoms with E-state index in [2.05, 4.69) is 5.32 Å². The molecular weight excluding hydrogens is 344 g/mol. The zero-order valence-corrected chi connectivity index (χ0v) is 15.6. The fourth-order valence-electron chi connectivity index (χ4n) is 2.93. The van der Waals surface area contributed by atoms with E-state index in [1.807, 2.05) is 66.3 Å². The number of aromatic nitrogens is 1. The molecule has 3 rings (SSSR count). The van der Waals surface area contributed by atoms with Gasteiger partial charge in [-0.15, -0.1) is 0 Å². The smallest absolute Gasteiger partial charge is 0.222 e. The van der Waals surface area contributed by atoms with Crippen LogP contribution in [0, 0.1) is 0 Å². The SMILES string of the molecule is CCOc1ccc(CNC(=O)CC(c2ccco2)n2cccc2)cc1OC. The van der Waals surface area contributed by atoms with E-state index < -0.39 is 0 Å².